The van der Waals surface area contributed by atoms with Gasteiger partial charge in [-0.25, -0.2) is 4.79 Å². The summed E-state index contributed by atoms with van der Waals surface area (Å²) in [5.74, 6) is -0.935. The summed E-state index contributed by atoms with van der Waals surface area (Å²) in [7, 11) is 0. The summed E-state index contributed by atoms with van der Waals surface area (Å²) >= 11 is 0. The Bertz CT molecular complexity index is 700. The number of hydrogen-bond donors (Lipinski definition) is 1. The quantitative estimate of drug-likeness (QED) is 0.907. The molecule has 5 heteroatoms. The molecule has 3 rings (SSSR count). The average molecular weight is 327 g/mol. The van der Waals surface area contributed by atoms with Gasteiger partial charge in [-0.15, -0.1) is 0 Å². The number of carbonyl (C=O) groups is 1. The third kappa shape index (κ3) is 3.22. The number of aromatic nitrogens is 2. The van der Waals surface area contributed by atoms with Crippen molar-refractivity contribution < 1.29 is 9.90 Å². The van der Waals surface area contributed by atoms with Gasteiger partial charge < -0.3 is 5.11 Å². The third-order valence-corrected chi connectivity index (χ3v) is 4.98. The summed E-state index contributed by atoms with van der Waals surface area (Å²) in [4.78, 5) is 14.1. The number of piperidine rings is 1. The zero-order valence-electron chi connectivity index (χ0n) is 14.4. The minimum atomic E-state index is -0.935. The molecule has 2 heterocycles. The lowest BCUT2D eigenvalue weighted by atomic mass is 9.99. The van der Waals surface area contributed by atoms with E-state index in [-0.39, 0.29) is 5.69 Å². The highest BCUT2D eigenvalue weighted by atomic mass is 16.4. The van der Waals surface area contributed by atoms with Crippen molar-refractivity contribution in [2.75, 3.05) is 13.1 Å². The molecule has 1 atom stereocenters. The van der Waals surface area contributed by atoms with Gasteiger partial charge in [0.1, 0.15) is 0 Å². The van der Waals surface area contributed by atoms with Gasteiger partial charge >= 0.3 is 5.97 Å². The molecule has 1 aliphatic rings. The van der Waals surface area contributed by atoms with Gasteiger partial charge in [0.25, 0.3) is 0 Å². The third-order valence-electron chi connectivity index (χ3n) is 4.98. The first kappa shape index (κ1) is 16.7. The van der Waals surface area contributed by atoms with Crippen molar-refractivity contribution in [1.29, 1.82) is 0 Å². The highest BCUT2D eigenvalue weighted by Gasteiger charge is 2.20. The lowest BCUT2D eigenvalue weighted by Gasteiger charge is -2.32. The van der Waals surface area contributed by atoms with Crippen LogP contribution in [0.25, 0.3) is 11.1 Å². The minimum Gasteiger partial charge on any atom is -0.477 e. The predicted molar refractivity (Wildman–Crippen MR) is 94.1 cm³/mol. The number of carboxylic acid groups (broad SMARTS) is 1. The number of likely N-dealkylation sites (tertiary alicyclic amines) is 1. The van der Waals surface area contributed by atoms with Crippen LogP contribution in [0, 0.1) is 0 Å². The highest BCUT2D eigenvalue weighted by Crippen LogP contribution is 2.28. The summed E-state index contributed by atoms with van der Waals surface area (Å²) < 4.78 is 1.53. The first-order chi connectivity index (χ1) is 11.6. The van der Waals surface area contributed by atoms with Crippen molar-refractivity contribution in [3.05, 3.63) is 41.7 Å². The minimum absolute atomic E-state index is 0.259. The van der Waals surface area contributed by atoms with E-state index in [0.29, 0.717) is 18.2 Å². The van der Waals surface area contributed by atoms with Gasteiger partial charge in [0, 0.05) is 18.2 Å². The lowest BCUT2D eigenvalue weighted by molar-refractivity contribution is 0.0684. The number of rotatable bonds is 5. The van der Waals surface area contributed by atoms with Crippen LogP contribution < -0.4 is 0 Å². The molecule has 2 aromatic rings. The Labute approximate surface area is 142 Å². The van der Waals surface area contributed by atoms with Crippen LogP contribution in [0.4, 0.5) is 0 Å². The van der Waals surface area contributed by atoms with Crippen molar-refractivity contribution in [3.63, 3.8) is 0 Å². The van der Waals surface area contributed by atoms with E-state index in [4.69, 9.17) is 0 Å². The molecule has 1 saturated heterocycles. The van der Waals surface area contributed by atoms with Crippen molar-refractivity contribution >= 4 is 5.97 Å². The molecule has 0 saturated carbocycles. The fraction of sp³-hybridized carbons (Fsp3) is 0.474. The Morgan fingerprint density at radius 3 is 2.46 bits per heavy atom. The molecule has 5 nitrogen and oxygen atoms in total. The predicted octanol–water partition coefficient (Wildman–Crippen LogP) is 3.82. The molecule has 1 aromatic carbocycles. The van der Waals surface area contributed by atoms with Crippen LogP contribution in [0.15, 0.2) is 30.5 Å². The van der Waals surface area contributed by atoms with Crippen molar-refractivity contribution in [2.45, 2.75) is 45.7 Å². The second-order valence-electron chi connectivity index (χ2n) is 6.42. The smallest absolute Gasteiger partial charge is 0.354 e. The molecule has 0 spiro atoms. The summed E-state index contributed by atoms with van der Waals surface area (Å²) in [5, 5.41) is 13.7. The number of nitrogens with zero attached hydrogens (tertiary/aromatic N) is 3. The monoisotopic (exact) mass is 327 g/mol. The van der Waals surface area contributed by atoms with E-state index in [9.17, 15) is 9.90 Å². The van der Waals surface area contributed by atoms with Gasteiger partial charge in [0.15, 0.2) is 5.69 Å². The summed E-state index contributed by atoms with van der Waals surface area (Å²) in [6.45, 7) is 7.02. The first-order valence-electron chi connectivity index (χ1n) is 8.75. The van der Waals surface area contributed by atoms with Gasteiger partial charge in [-0.2, -0.15) is 5.10 Å². The van der Waals surface area contributed by atoms with Gasteiger partial charge in [-0.3, -0.25) is 9.58 Å². The first-order valence-corrected chi connectivity index (χ1v) is 8.75. The van der Waals surface area contributed by atoms with Crippen molar-refractivity contribution in [2.24, 2.45) is 0 Å². The Morgan fingerprint density at radius 2 is 1.88 bits per heavy atom. The highest BCUT2D eigenvalue weighted by molar-refractivity contribution is 5.94. The topological polar surface area (TPSA) is 58.4 Å². The lowest BCUT2D eigenvalue weighted by Crippen LogP contribution is -2.32. The SMILES string of the molecule is CCn1ncc(-c2ccc(C(C)N3CCCCC3)cc2)c1C(=O)O. The Balaban J connectivity index is 1.84. The second kappa shape index (κ2) is 7.18. The summed E-state index contributed by atoms with van der Waals surface area (Å²) in [6, 6.07) is 8.66. The molecular weight excluding hydrogens is 302 g/mol. The van der Waals surface area contributed by atoms with Crippen LogP contribution in [0.1, 0.15) is 55.2 Å². The molecule has 0 aliphatic carbocycles. The van der Waals surface area contributed by atoms with E-state index in [2.05, 4.69) is 29.1 Å². The maximum absolute atomic E-state index is 11.6. The number of aromatic carboxylic acids is 1. The van der Waals surface area contributed by atoms with Gasteiger partial charge in [0.05, 0.1) is 6.20 Å². The molecule has 1 aliphatic heterocycles. The molecule has 0 bridgehead atoms. The second-order valence-corrected chi connectivity index (χ2v) is 6.42. The summed E-state index contributed by atoms with van der Waals surface area (Å²) in [6.07, 6.45) is 5.54. The molecule has 1 unspecified atom stereocenters. The van der Waals surface area contributed by atoms with E-state index in [1.807, 2.05) is 19.1 Å². The molecule has 24 heavy (non-hydrogen) atoms. The molecular formula is C19H25N3O2. The van der Waals surface area contributed by atoms with Crippen LogP contribution in [0.2, 0.25) is 0 Å². The molecule has 1 aromatic heterocycles. The number of carboxylic acids is 1. The number of benzene rings is 1. The normalized spacial score (nSPS) is 16.9. The van der Waals surface area contributed by atoms with Crippen molar-refractivity contribution in [3.8, 4) is 11.1 Å². The molecule has 128 valence electrons. The molecule has 1 fully saturated rings. The van der Waals surface area contributed by atoms with E-state index in [1.165, 1.54) is 29.5 Å². The van der Waals surface area contributed by atoms with Crippen LogP contribution in [-0.4, -0.2) is 38.8 Å². The van der Waals surface area contributed by atoms with Crippen LogP contribution in [0.3, 0.4) is 0 Å². The maximum Gasteiger partial charge on any atom is 0.354 e. The van der Waals surface area contributed by atoms with E-state index in [0.717, 1.165) is 18.7 Å². The largest absolute Gasteiger partial charge is 0.477 e. The molecule has 0 radical (unpaired) electrons. The Hall–Kier alpha value is -2.14. The van der Waals surface area contributed by atoms with Crippen LogP contribution >= 0.6 is 0 Å². The van der Waals surface area contributed by atoms with Crippen molar-refractivity contribution in [1.82, 2.24) is 14.7 Å². The maximum atomic E-state index is 11.6. The van der Waals surface area contributed by atoms with E-state index >= 15 is 0 Å². The zero-order valence-corrected chi connectivity index (χ0v) is 14.4. The molecule has 1 N–H and O–H groups in total. The van der Waals surface area contributed by atoms with E-state index in [1.54, 1.807) is 6.20 Å². The van der Waals surface area contributed by atoms with Crippen LogP contribution in [-0.2, 0) is 6.54 Å². The van der Waals surface area contributed by atoms with E-state index < -0.39 is 5.97 Å². The fourth-order valence-electron chi connectivity index (χ4n) is 3.52. The van der Waals surface area contributed by atoms with Gasteiger partial charge in [0.2, 0.25) is 0 Å². The van der Waals surface area contributed by atoms with Gasteiger partial charge in [-0.05, 0) is 50.9 Å². The number of hydrogen-bond acceptors (Lipinski definition) is 3. The average Bonchev–Trinajstić information content (AvgIpc) is 3.06. The van der Waals surface area contributed by atoms with Gasteiger partial charge in [-0.1, -0.05) is 30.7 Å². The number of aryl methyl sites for hydroxylation is 1. The van der Waals surface area contributed by atoms with Crippen LogP contribution in [0.5, 0.6) is 0 Å². The molecule has 0 amide bonds. The summed E-state index contributed by atoms with van der Waals surface area (Å²) in [5.41, 5.74) is 3.12. The fourth-order valence-corrected chi connectivity index (χ4v) is 3.52. The Kier molecular flexibility index (Phi) is 5.00. The standard InChI is InChI=1S/C19H25N3O2/c1-3-22-18(19(23)24)17(13-20-22)16-9-7-15(8-10-16)14(2)21-11-5-4-6-12-21/h7-10,13-14H,3-6,11-12H2,1-2H3,(H,23,24). The zero-order chi connectivity index (χ0) is 17.1. The Morgan fingerprint density at radius 1 is 1.21 bits per heavy atom.